The lowest BCUT2D eigenvalue weighted by atomic mass is 9.88. The van der Waals surface area contributed by atoms with Gasteiger partial charge in [0, 0.05) is 5.92 Å². The Hall–Kier alpha value is -0.605. The number of rotatable bonds is 3. The maximum atomic E-state index is 11.9. The molecule has 1 rings (SSSR count). The zero-order chi connectivity index (χ0) is 8.43. The summed E-state index contributed by atoms with van der Waals surface area (Å²) in [4.78, 5) is 10.8. The van der Waals surface area contributed by atoms with Crippen LogP contribution in [-0.4, -0.2) is 19.8 Å². The summed E-state index contributed by atoms with van der Waals surface area (Å²) in [7, 11) is -3.09. The fraction of sp³-hybridized carbons (Fsp3) is 0.833. The van der Waals surface area contributed by atoms with Crippen LogP contribution in [0.4, 0.5) is 8.63 Å². The lowest BCUT2D eigenvalue weighted by molar-refractivity contribution is -0.144. The number of halogens is 2. The smallest absolute Gasteiger partial charge is 0.306 e. The van der Waals surface area contributed by atoms with Crippen LogP contribution >= 0.6 is 0 Å². The van der Waals surface area contributed by atoms with Gasteiger partial charge in [-0.25, -0.2) is 0 Å². The predicted molar refractivity (Wildman–Crippen MR) is 37.9 cm³/mol. The minimum absolute atomic E-state index is 0.278. The number of carbonyl (C=O) groups is 1. The number of carbonyl (C=O) groups excluding carboxylic acids is 1. The van der Waals surface area contributed by atoms with Crippen LogP contribution in [0.5, 0.6) is 0 Å². The Morgan fingerprint density at radius 3 is 2.73 bits per heavy atom. The Kier molecular flexibility index (Phi) is 2.47. The van der Waals surface area contributed by atoms with Gasteiger partial charge in [0.05, 0.1) is 6.61 Å². The van der Waals surface area contributed by atoms with E-state index in [0.29, 0.717) is 6.42 Å². The average molecular weight is 163 g/mol. The van der Waals surface area contributed by atoms with Crippen molar-refractivity contribution >= 4 is 13.2 Å². The van der Waals surface area contributed by atoms with Crippen molar-refractivity contribution in [2.75, 3.05) is 6.61 Å². The first-order valence-corrected chi connectivity index (χ1v) is 3.79. The minimum Gasteiger partial charge on any atom is -0.481 e. The van der Waals surface area contributed by atoms with E-state index in [9.17, 15) is 13.4 Å². The summed E-state index contributed by atoms with van der Waals surface area (Å²) in [6.45, 7) is 1.95. The first-order chi connectivity index (χ1) is 5.16. The first-order valence-electron chi connectivity index (χ1n) is 3.79. The molecule has 0 aliphatic heterocycles. The highest BCUT2D eigenvalue weighted by Crippen LogP contribution is 2.48. The summed E-state index contributed by atoms with van der Waals surface area (Å²) in [5.41, 5.74) is 0. The van der Waals surface area contributed by atoms with E-state index in [0.717, 1.165) is 0 Å². The molecule has 1 saturated carbocycles. The fourth-order valence-electron chi connectivity index (χ4n) is 1.13. The molecule has 2 nitrogen and oxygen atoms in total. The quantitative estimate of drug-likeness (QED) is 0.459. The Bertz CT molecular complexity index is 163. The molecule has 5 heteroatoms. The summed E-state index contributed by atoms with van der Waals surface area (Å²) in [5, 5.41) is 0. The van der Waals surface area contributed by atoms with E-state index >= 15 is 0 Å². The van der Waals surface area contributed by atoms with Crippen LogP contribution in [0.25, 0.3) is 0 Å². The molecule has 0 aromatic heterocycles. The normalized spacial score (nSPS) is 28.7. The molecule has 0 radical (unpaired) electrons. The first kappa shape index (κ1) is 8.49. The number of ether oxygens (including phenoxy) is 1. The van der Waals surface area contributed by atoms with Crippen molar-refractivity contribution in [2.24, 2.45) is 5.92 Å². The molecule has 0 bridgehead atoms. The summed E-state index contributed by atoms with van der Waals surface area (Å²) < 4.78 is 28.5. The van der Waals surface area contributed by atoms with Crippen molar-refractivity contribution in [1.82, 2.24) is 0 Å². The minimum atomic E-state index is -3.09. The Labute approximate surface area is 64.1 Å². The van der Waals surface area contributed by atoms with Gasteiger partial charge in [-0.2, -0.15) is 0 Å². The van der Waals surface area contributed by atoms with Gasteiger partial charge in [0.2, 0.25) is 0 Å². The third kappa shape index (κ3) is 1.91. The molecule has 1 unspecified atom stereocenters. The van der Waals surface area contributed by atoms with E-state index in [4.69, 9.17) is 0 Å². The van der Waals surface area contributed by atoms with E-state index in [1.807, 2.05) is 0 Å². The van der Waals surface area contributed by atoms with Crippen LogP contribution in [0, 0.1) is 5.92 Å². The second kappa shape index (κ2) is 3.20. The molecule has 0 amide bonds. The van der Waals surface area contributed by atoms with Gasteiger partial charge in [-0.3, -0.25) is 4.79 Å². The molecular formula is C6H10BF2O2-. The molecule has 0 aromatic rings. The van der Waals surface area contributed by atoms with Crippen LogP contribution < -0.4 is 0 Å². The van der Waals surface area contributed by atoms with Crippen molar-refractivity contribution in [3.05, 3.63) is 0 Å². The lowest BCUT2D eigenvalue weighted by Crippen LogP contribution is -2.09. The Balaban J connectivity index is 2.26. The highest BCUT2D eigenvalue weighted by atomic mass is 19.2. The largest absolute Gasteiger partial charge is 0.481 e. The highest BCUT2D eigenvalue weighted by Gasteiger charge is 2.44. The van der Waals surface area contributed by atoms with Gasteiger partial charge in [-0.05, 0) is 6.92 Å². The van der Waals surface area contributed by atoms with Gasteiger partial charge in [0.1, 0.15) is 0 Å². The highest BCUT2D eigenvalue weighted by molar-refractivity contribution is 6.46. The van der Waals surface area contributed by atoms with Gasteiger partial charge in [-0.1, -0.05) is 12.2 Å². The topological polar surface area (TPSA) is 26.3 Å². The lowest BCUT2D eigenvalue weighted by Gasteiger charge is -2.03. The molecule has 2 atom stereocenters. The maximum Gasteiger partial charge on any atom is 0.306 e. The molecule has 1 fully saturated rings. The van der Waals surface area contributed by atoms with Crippen LogP contribution in [0.1, 0.15) is 13.3 Å². The van der Waals surface area contributed by atoms with E-state index in [-0.39, 0.29) is 6.61 Å². The third-order valence-corrected chi connectivity index (χ3v) is 1.91. The molecule has 11 heavy (non-hydrogen) atoms. The number of esters is 1. The predicted octanol–water partition coefficient (Wildman–Crippen LogP) is 1.10. The van der Waals surface area contributed by atoms with Crippen LogP contribution in [0.2, 0.25) is 5.82 Å². The van der Waals surface area contributed by atoms with Crippen molar-refractivity contribution in [1.29, 1.82) is 0 Å². The van der Waals surface area contributed by atoms with Crippen molar-refractivity contribution in [3.63, 3.8) is 0 Å². The van der Waals surface area contributed by atoms with Crippen LogP contribution in [0.15, 0.2) is 0 Å². The zero-order valence-corrected chi connectivity index (χ0v) is 6.35. The standard InChI is InChI=1S/C6H10BF2O2/c1-2-11-6(10)4-3-5(4)7(8)9/h4-5,7H,2-3H2,1H3/q-1/t4-,5?/m1/s1. The van der Waals surface area contributed by atoms with Gasteiger partial charge in [0.25, 0.3) is 7.27 Å². The van der Waals surface area contributed by atoms with Gasteiger partial charge in [0.15, 0.2) is 0 Å². The van der Waals surface area contributed by atoms with E-state index in [1.165, 1.54) is 0 Å². The van der Waals surface area contributed by atoms with Crippen molar-refractivity contribution in [3.8, 4) is 0 Å². The summed E-state index contributed by atoms with van der Waals surface area (Å²) in [5.74, 6) is -1.61. The van der Waals surface area contributed by atoms with Crippen LogP contribution in [0.3, 0.4) is 0 Å². The molecule has 1 aliphatic carbocycles. The van der Waals surface area contributed by atoms with Crippen molar-refractivity contribution in [2.45, 2.75) is 19.2 Å². The third-order valence-electron chi connectivity index (χ3n) is 1.91. The molecule has 1 aliphatic rings. The monoisotopic (exact) mass is 163 g/mol. The zero-order valence-electron chi connectivity index (χ0n) is 6.35. The number of hydrogen-bond donors (Lipinski definition) is 0. The van der Waals surface area contributed by atoms with E-state index in [2.05, 4.69) is 4.74 Å². The van der Waals surface area contributed by atoms with E-state index < -0.39 is 25.0 Å². The molecule has 0 saturated heterocycles. The second-order valence-corrected chi connectivity index (χ2v) is 2.76. The van der Waals surface area contributed by atoms with Crippen molar-refractivity contribution < 1.29 is 18.2 Å². The van der Waals surface area contributed by atoms with E-state index in [1.54, 1.807) is 6.92 Å². The maximum absolute atomic E-state index is 11.9. The van der Waals surface area contributed by atoms with Gasteiger partial charge >= 0.3 is 5.97 Å². The Morgan fingerprint density at radius 2 is 2.36 bits per heavy atom. The molecule has 0 N–H and O–H groups in total. The molecular weight excluding hydrogens is 153 g/mol. The summed E-state index contributed by atoms with van der Waals surface area (Å²) in [6.07, 6.45) is 0.325. The second-order valence-electron chi connectivity index (χ2n) is 2.76. The van der Waals surface area contributed by atoms with Gasteiger partial charge in [-0.15, -0.1) is 0 Å². The molecule has 0 aromatic carbocycles. The molecule has 64 valence electrons. The number of hydrogen-bond acceptors (Lipinski definition) is 2. The fourth-order valence-corrected chi connectivity index (χ4v) is 1.13. The summed E-state index contributed by atoms with van der Waals surface area (Å²) >= 11 is 0. The molecule has 0 heterocycles. The van der Waals surface area contributed by atoms with Gasteiger partial charge < -0.3 is 13.4 Å². The SMILES string of the molecule is CCOC(=O)[C@@H]1CC1[BH-](F)F. The summed E-state index contributed by atoms with van der Waals surface area (Å²) in [6, 6.07) is 0. The average Bonchev–Trinajstić information content (AvgIpc) is 2.65. The van der Waals surface area contributed by atoms with Crippen LogP contribution in [-0.2, 0) is 9.53 Å². The molecule has 0 spiro atoms. The Morgan fingerprint density at radius 1 is 1.73 bits per heavy atom.